The molecule has 1 aliphatic heterocycles. The second-order valence-corrected chi connectivity index (χ2v) is 4.54. The Morgan fingerprint density at radius 1 is 1.35 bits per heavy atom. The van der Waals surface area contributed by atoms with Crippen LogP contribution in [0.4, 0.5) is 5.95 Å². The molecule has 1 fully saturated rings. The highest BCUT2D eigenvalue weighted by atomic mass is 16.1. The van der Waals surface area contributed by atoms with Gasteiger partial charge in [0.2, 0.25) is 5.95 Å². The van der Waals surface area contributed by atoms with Gasteiger partial charge in [-0.15, -0.1) is 0 Å². The highest BCUT2D eigenvalue weighted by Crippen LogP contribution is 2.15. The first-order valence-electron chi connectivity index (χ1n) is 6.27. The third-order valence-corrected chi connectivity index (χ3v) is 3.26. The average molecular weight is 236 g/mol. The van der Waals surface area contributed by atoms with E-state index in [9.17, 15) is 4.79 Å². The van der Waals surface area contributed by atoms with Gasteiger partial charge in [-0.05, 0) is 39.2 Å². The highest BCUT2D eigenvalue weighted by Gasteiger charge is 2.15. The number of nitrogens with one attached hydrogen (secondary N) is 1. The molecule has 3 N–H and O–H groups in total. The number of anilines is 1. The Kier molecular flexibility index (Phi) is 3.78. The second-order valence-electron chi connectivity index (χ2n) is 4.54. The second kappa shape index (κ2) is 5.31. The van der Waals surface area contributed by atoms with Crippen molar-refractivity contribution in [3.8, 4) is 0 Å². The lowest BCUT2D eigenvalue weighted by Crippen LogP contribution is -2.33. The Hall–Kier alpha value is -1.36. The Balaban J connectivity index is 2.27. The lowest BCUT2D eigenvalue weighted by atomic mass is 10.1. The molecular weight excluding hydrogens is 216 g/mol. The monoisotopic (exact) mass is 236 g/mol. The minimum Gasteiger partial charge on any atom is -0.342 e. The number of aryl methyl sites for hydroxylation is 1. The maximum absolute atomic E-state index is 11.9. The van der Waals surface area contributed by atoms with Crippen LogP contribution in [0, 0.1) is 6.92 Å². The van der Waals surface area contributed by atoms with Crippen LogP contribution < -0.4 is 16.2 Å². The largest absolute Gasteiger partial charge is 0.342 e. The van der Waals surface area contributed by atoms with Gasteiger partial charge in [0.25, 0.3) is 5.56 Å². The van der Waals surface area contributed by atoms with Crippen LogP contribution in [-0.2, 0) is 6.42 Å². The van der Waals surface area contributed by atoms with Crippen LogP contribution in [0.3, 0.4) is 0 Å². The molecule has 0 aliphatic carbocycles. The Morgan fingerprint density at radius 3 is 2.65 bits per heavy atom. The number of nitrogens with two attached hydrogens (primary N) is 1. The van der Waals surface area contributed by atoms with Gasteiger partial charge in [-0.25, -0.2) is 4.98 Å². The van der Waals surface area contributed by atoms with E-state index >= 15 is 0 Å². The first-order chi connectivity index (χ1) is 8.22. The summed E-state index contributed by atoms with van der Waals surface area (Å²) in [5.74, 6) is 0.716. The van der Waals surface area contributed by atoms with Crippen molar-refractivity contribution in [1.82, 2.24) is 9.97 Å². The van der Waals surface area contributed by atoms with E-state index in [0.717, 1.165) is 18.8 Å². The van der Waals surface area contributed by atoms with Crippen LogP contribution in [-0.4, -0.2) is 29.6 Å². The summed E-state index contributed by atoms with van der Waals surface area (Å²) in [5.41, 5.74) is 6.97. The van der Waals surface area contributed by atoms with E-state index < -0.39 is 0 Å². The van der Waals surface area contributed by atoms with E-state index in [4.69, 9.17) is 5.73 Å². The first-order valence-corrected chi connectivity index (χ1v) is 6.27. The van der Waals surface area contributed by atoms with Crippen molar-refractivity contribution in [1.29, 1.82) is 0 Å². The number of hydrogen-bond acceptors (Lipinski definition) is 4. The summed E-state index contributed by atoms with van der Waals surface area (Å²) >= 11 is 0. The minimum absolute atomic E-state index is 0.0384. The Bertz CT molecular complexity index is 435. The molecule has 2 heterocycles. The summed E-state index contributed by atoms with van der Waals surface area (Å²) in [6.45, 7) is 4.33. The summed E-state index contributed by atoms with van der Waals surface area (Å²) < 4.78 is 0. The van der Waals surface area contributed by atoms with Crippen molar-refractivity contribution < 1.29 is 0 Å². The van der Waals surface area contributed by atoms with Gasteiger partial charge in [-0.2, -0.15) is 0 Å². The summed E-state index contributed by atoms with van der Waals surface area (Å²) in [6.07, 6.45) is 4.21. The number of H-pyrrole nitrogens is 1. The van der Waals surface area contributed by atoms with Gasteiger partial charge >= 0.3 is 0 Å². The standard InChI is InChI=1S/C12H20N4O/c1-9-10(5-6-13)11(17)15-12(14-9)16-7-3-2-4-8-16/h2-8,13H2,1H3,(H,14,15,17). The van der Waals surface area contributed by atoms with Crippen molar-refractivity contribution >= 4 is 5.95 Å². The van der Waals surface area contributed by atoms with Crippen molar-refractivity contribution in [3.63, 3.8) is 0 Å². The minimum atomic E-state index is -0.0384. The maximum atomic E-state index is 11.9. The molecule has 0 aromatic carbocycles. The molecule has 5 heteroatoms. The fraction of sp³-hybridized carbons (Fsp3) is 0.667. The van der Waals surface area contributed by atoms with Crippen LogP contribution in [0.5, 0.6) is 0 Å². The molecule has 0 saturated carbocycles. The van der Waals surface area contributed by atoms with E-state index in [1.807, 2.05) is 6.92 Å². The third kappa shape index (κ3) is 2.66. The highest BCUT2D eigenvalue weighted by molar-refractivity contribution is 5.33. The van der Waals surface area contributed by atoms with Gasteiger partial charge in [0.05, 0.1) is 0 Å². The first kappa shape index (κ1) is 12.1. The smallest absolute Gasteiger partial charge is 0.255 e. The van der Waals surface area contributed by atoms with E-state index in [1.54, 1.807) is 0 Å². The van der Waals surface area contributed by atoms with E-state index in [-0.39, 0.29) is 5.56 Å². The van der Waals surface area contributed by atoms with E-state index in [2.05, 4.69) is 14.9 Å². The van der Waals surface area contributed by atoms with Gasteiger partial charge in [0.1, 0.15) is 0 Å². The molecule has 17 heavy (non-hydrogen) atoms. The number of aromatic nitrogens is 2. The molecule has 1 aromatic rings. The molecule has 5 nitrogen and oxygen atoms in total. The number of nitrogens with zero attached hydrogens (tertiary/aromatic N) is 2. The zero-order valence-corrected chi connectivity index (χ0v) is 10.3. The topological polar surface area (TPSA) is 75.0 Å². The van der Waals surface area contributed by atoms with Gasteiger partial charge in [-0.3, -0.25) is 9.78 Å². The molecule has 1 aromatic heterocycles. The van der Waals surface area contributed by atoms with Gasteiger partial charge in [0.15, 0.2) is 0 Å². The molecule has 0 spiro atoms. The predicted octanol–water partition coefficient (Wildman–Crippen LogP) is 0.570. The van der Waals surface area contributed by atoms with Crippen LogP contribution >= 0.6 is 0 Å². The maximum Gasteiger partial charge on any atom is 0.255 e. The summed E-state index contributed by atoms with van der Waals surface area (Å²) in [4.78, 5) is 21.4. The fourth-order valence-electron chi connectivity index (χ4n) is 2.29. The van der Waals surface area contributed by atoms with Gasteiger partial charge < -0.3 is 10.6 Å². The van der Waals surface area contributed by atoms with Gasteiger partial charge in [0, 0.05) is 24.3 Å². The lowest BCUT2D eigenvalue weighted by molar-refractivity contribution is 0.566. The van der Waals surface area contributed by atoms with E-state index in [0.29, 0.717) is 24.5 Å². The summed E-state index contributed by atoms with van der Waals surface area (Å²) in [6, 6.07) is 0. The SMILES string of the molecule is Cc1nc(N2CCCCC2)[nH]c(=O)c1CCN. The molecule has 1 saturated heterocycles. The van der Waals surface area contributed by atoms with Crippen LogP contribution in [0.15, 0.2) is 4.79 Å². The molecule has 94 valence electrons. The normalized spacial score (nSPS) is 16.2. The van der Waals surface area contributed by atoms with Crippen LogP contribution in [0.1, 0.15) is 30.5 Å². The van der Waals surface area contributed by atoms with Crippen molar-refractivity contribution in [2.24, 2.45) is 5.73 Å². The average Bonchev–Trinajstić information content (AvgIpc) is 2.35. The molecule has 2 rings (SSSR count). The lowest BCUT2D eigenvalue weighted by Gasteiger charge is -2.27. The molecule has 0 bridgehead atoms. The van der Waals surface area contributed by atoms with Crippen molar-refractivity contribution in [2.75, 3.05) is 24.5 Å². The molecule has 0 unspecified atom stereocenters. The summed E-state index contributed by atoms with van der Waals surface area (Å²) in [5, 5.41) is 0. The summed E-state index contributed by atoms with van der Waals surface area (Å²) in [7, 11) is 0. The Morgan fingerprint density at radius 2 is 2.06 bits per heavy atom. The third-order valence-electron chi connectivity index (χ3n) is 3.26. The van der Waals surface area contributed by atoms with Gasteiger partial charge in [-0.1, -0.05) is 0 Å². The fourth-order valence-corrected chi connectivity index (χ4v) is 2.29. The van der Waals surface area contributed by atoms with Crippen LogP contribution in [0.25, 0.3) is 0 Å². The number of rotatable bonds is 3. The number of hydrogen-bond donors (Lipinski definition) is 2. The molecule has 0 atom stereocenters. The quantitative estimate of drug-likeness (QED) is 0.804. The Labute approximate surface area is 101 Å². The molecular formula is C12H20N4O. The number of aromatic amines is 1. The molecule has 0 amide bonds. The zero-order valence-electron chi connectivity index (χ0n) is 10.3. The zero-order chi connectivity index (χ0) is 12.3. The van der Waals surface area contributed by atoms with E-state index in [1.165, 1.54) is 19.3 Å². The predicted molar refractivity (Wildman–Crippen MR) is 68.4 cm³/mol. The van der Waals surface area contributed by atoms with Crippen molar-refractivity contribution in [3.05, 3.63) is 21.6 Å². The molecule has 1 aliphatic rings. The van der Waals surface area contributed by atoms with Crippen molar-refractivity contribution in [2.45, 2.75) is 32.6 Å². The molecule has 0 radical (unpaired) electrons. The number of piperidine rings is 1. The van der Waals surface area contributed by atoms with Crippen LogP contribution in [0.2, 0.25) is 0 Å².